The Morgan fingerprint density at radius 3 is 2.15 bits per heavy atom. The van der Waals surface area contributed by atoms with Crippen LogP contribution in [0.5, 0.6) is 11.5 Å². The lowest BCUT2D eigenvalue weighted by Gasteiger charge is -2.20. The second kappa shape index (κ2) is 9.62. The highest BCUT2D eigenvalue weighted by atomic mass is 16.5. The van der Waals surface area contributed by atoms with Crippen LogP contribution in [-0.2, 0) is 4.74 Å². The third-order valence-corrected chi connectivity index (χ3v) is 4.27. The molecule has 6 heteroatoms. The predicted octanol–water partition coefficient (Wildman–Crippen LogP) is 3.59. The molecule has 0 unspecified atom stereocenters. The van der Waals surface area contributed by atoms with Crippen molar-refractivity contribution in [3.63, 3.8) is 0 Å². The van der Waals surface area contributed by atoms with Gasteiger partial charge in [0, 0.05) is 18.8 Å². The molecule has 27 heavy (non-hydrogen) atoms. The van der Waals surface area contributed by atoms with Gasteiger partial charge in [0.05, 0.1) is 25.3 Å². The van der Waals surface area contributed by atoms with Crippen LogP contribution in [0, 0.1) is 0 Å². The van der Waals surface area contributed by atoms with Crippen LogP contribution in [0.25, 0.3) is 0 Å². The van der Waals surface area contributed by atoms with E-state index in [4.69, 9.17) is 14.2 Å². The minimum Gasteiger partial charge on any atom is -0.497 e. The van der Waals surface area contributed by atoms with Crippen LogP contribution < -0.4 is 14.4 Å². The van der Waals surface area contributed by atoms with Crippen LogP contribution in [0.3, 0.4) is 0 Å². The molecule has 6 nitrogen and oxygen atoms in total. The Balaban J connectivity index is 2.04. The molecule has 0 N–H and O–H groups in total. The second-order valence-corrected chi connectivity index (χ2v) is 5.78. The quantitative estimate of drug-likeness (QED) is 0.496. The number of carbonyl (C=O) groups is 2. The number of benzene rings is 2. The fraction of sp³-hybridized carbons (Fsp3) is 0.333. The molecule has 0 atom stereocenters. The highest BCUT2D eigenvalue weighted by Gasteiger charge is 2.17. The summed E-state index contributed by atoms with van der Waals surface area (Å²) < 4.78 is 15.5. The van der Waals surface area contributed by atoms with Gasteiger partial charge in [0.2, 0.25) is 5.78 Å². The largest absolute Gasteiger partial charge is 0.497 e. The third kappa shape index (κ3) is 5.00. The number of ketones is 1. The molecule has 0 aliphatic rings. The average Bonchev–Trinajstić information content (AvgIpc) is 2.72. The zero-order valence-electron chi connectivity index (χ0n) is 16.2. The number of hydrogen-bond donors (Lipinski definition) is 0. The number of hydrogen-bond acceptors (Lipinski definition) is 6. The number of carbonyl (C=O) groups excluding carboxylic acids is 2. The monoisotopic (exact) mass is 371 g/mol. The molecule has 0 spiro atoms. The van der Waals surface area contributed by atoms with Gasteiger partial charge in [-0.1, -0.05) is 0 Å². The molecule has 2 aromatic rings. The number of nitrogens with zero attached hydrogens (tertiary/aromatic N) is 1. The smallest absolute Gasteiger partial charge is 0.338 e. The van der Waals surface area contributed by atoms with Gasteiger partial charge in [-0.05, 0) is 56.3 Å². The Morgan fingerprint density at radius 2 is 1.59 bits per heavy atom. The third-order valence-electron chi connectivity index (χ3n) is 4.27. The fourth-order valence-corrected chi connectivity index (χ4v) is 2.72. The van der Waals surface area contributed by atoms with E-state index in [1.165, 1.54) is 14.2 Å². The molecule has 0 aliphatic carbocycles. The number of esters is 1. The Hall–Kier alpha value is -3.02. The summed E-state index contributed by atoms with van der Waals surface area (Å²) in [6, 6.07) is 12.0. The lowest BCUT2D eigenvalue weighted by atomic mass is 10.1. The molecule has 2 aromatic carbocycles. The van der Waals surface area contributed by atoms with Gasteiger partial charge in [0.15, 0.2) is 6.61 Å². The van der Waals surface area contributed by atoms with Gasteiger partial charge in [-0.15, -0.1) is 0 Å². The molecule has 0 aromatic heterocycles. The van der Waals surface area contributed by atoms with Crippen molar-refractivity contribution in [3.05, 3.63) is 53.6 Å². The average molecular weight is 371 g/mol. The van der Waals surface area contributed by atoms with E-state index in [2.05, 4.69) is 18.7 Å². The van der Waals surface area contributed by atoms with Gasteiger partial charge in [-0.25, -0.2) is 4.79 Å². The SMILES string of the molecule is CCN(CC)c1ccc(C(=O)OCC(=O)c2cc(OC)ccc2OC)cc1. The zero-order chi connectivity index (χ0) is 19.8. The summed E-state index contributed by atoms with van der Waals surface area (Å²) in [6.07, 6.45) is 0. The van der Waals surface area contributed by atoms with Crippen LogP contribution in [0.1, 0.15) is 34.6 Å². The van der Waals surface area contributed by atoms with Crippen LogP contribution in [0.15, 0.2) is 42.5 Å². The van der Waals surface area contributed by atoms with E-state index < -0.39 is 5.97 Å². The Bertz CT molecular complexity index is 782. The van der Waals surface area contributed by atoms with E-state index in [1.807, 2.05) is 12.1 Å². The first kappa shape index (κ1) is 20.3. The van der Waals surface area contributed by atoms with Crippen molar-refractivity contribution in [3.8, 4) is 11.5 Å². The molecular weight excluding hydrogens is 346 g/mol. The molecule has 144 valence electrons. The van der Waals surface area contributed by atoms with Crippen molar-refractivity contribution in [1.29, 1.82) is 0 Å². The first-order valence-electron chi connectivity index (χ1n) is 8.81. The van der Waals surface area contributed by atoms with Gasteiger partial charge < -0.3 is 19.1 Å². The molecule has 0 saturated carbocycles. The van der Waals surface area contributed by atoms with Gasteiger partial charge >= 0.3 is 5.97 Å². The van der Waals surface area contributed by atoms with Gasteiger partial charge in [0.1, 0.15) is 11.5 Å². The summed E-state index contributed by atoms with van der Waals surface area (Å²) in [7, 11) is 2.99. The number of Topliss-reactive ketones (excluding diaryl/α,β-unsaturated/α-hetero) is 1. The molecule has 0 heterocycles. The Kier molecular flexibility index (Phi) is 7.23. The molecular formula is C21H25NO5. The minimum absolute atomic E-state index is 0.307. The molecule has 0 saturated heterocycles. The fourth-order valence-electron chi connectivity index (χ4n) is 2.72. The minimum atomic E-state index is -0.545. The predicted molar refractivity (Wildman–Crippen MR) is 104 cm³/mol. The zero-order valence-corrected chi connectivity index (χ0v) is 16.2. The van der Waals surface area contributed by atoms with Crippen molar-refractivity contribution >= 4 is 17.4 Å². The lowest BCUT2D eigenvalue weighted by molar-refractivity contribution is 0.0474. The molecule has 0 aliphatic heterocycles. The maximum Gasteiger partial charge on any atom is 0.338 e. The molecule has 2 rings (SSSR count). The van der Waals surface area contributed by atoms with Crippen LogP contribution in [0.4, 0.5) is 5.69 Å². The van der Waals surface area contributed by atoms with E-state index in [9.17, 15) is 9.59 Å². The number of ether oxygens (including phenoxy) is 3. The summed E-state index contributed by atoms with van der Waals surface area (Å²) in [5.74, 6) is 0.0214. The van der Waals surface area contributed by atoms with Crippen molar-refractivity contribution in [2.45, 2.75) is 13.8 Å². The van der Waals surface area contributed by atoms with E-state index in [0.717, 1.165) is 18.8 Å². The molecule has 0 fully saturated rings. The standard InChI is InChI=1S/C21H25NO5/c1-5-22(6-2)16-9-7-15(8-10-16)21(24)27-14-19(23)18-13-17(25-3)11-12-20(18)26-4/h7-13H,5-6,14H2,1-4H3. The van der Waals surface area contributed by atoms with Crippen molar-refractivity contribution in [1.82, 2.24) is 0 Å². The van der Waals surface area contributed by atoms with E-state index in [-0.39, 0.29) is 12.4 Å². The highest BCUT2D eigenvalue weighted by molar-refractivity contribution is 6.01. The summed E-state index contributed by atoms with van der Waals surface area (Å²) in [4.78, 5) is 26.8. The van der Waals surface area contributed by atoms with Crippen LogP contribution >= 0.6 is 0 Å². The number of rotatable bonds is 9. The molecule has 0 amide bonds. The van der Waals surface area contributed by atoms with E-state index in [1.54, 1.807) is 30.3 Å². The Morgan fingerprint density at radius 1 is 0.926 bits per heavy atom. The number of anilines is 1. The number of methoxy groups -OCH3 is 2. The topological polar surface area (TPSA) is 65.1 Å². The van der Waals surface area contributed by atoms with Crippen molar-refractivity contribution in [2.24, 2.45) is 0 Å². The maximum absolute atomic E-state index is 12.4. The van der Waals surface area contributed by atoms with E-state index in [0.29, 0.717) is 22.6 Å². The van der Waals surface area contributed by atoms with Gasteiger partial charge in [-0.3, -0.25) is 4.79 Å². The first-order chi connectivity index (χ1) is 13.0. The van der Waals surface area contributed by atoms with E-state index >= 15 is 0 Å². The summed E-state index contributed by atoms with van der Waals surface area (Å²) in [5, 5.41) is 0. The Labute approximate surface area is 159 Å². The normalized spacial score (nSPS) is 10.2. The summed E-state index contributed by atoms with van der Waals surface area (Å²) in [6.45, 7) is 5.54. The summed E-state index contributed by atoms with van der Waals surface area (Å²) >= 11 is 0. The molecule has 0 bridgehead atoms. The maximum atomic E-state index is 12.4. The first-order valence-corrected chi connectivity index (χ1v) is 8.81. The van der Waals surface area contributed by atoms with Crippen molar-refractivity contribution in [2.75, 3.05) is 38.8 Å². The van der Waals surface area contributed by atoms with Crippen molar-refractivity contribution < 1.29 is 23.8 Å². The van der Waals surface area contributed by atoms with Gasteiger partial charge in [-0.2, -0.15) is 0 Å². The second-order valence-electron chi connectivity index (χ2n) is 5.78. The van der Waals surface area contributed by atoms with Crippen LogP contribution in [-0.4, -0.2) is 45.7 Å². The van der Waals surface area contributed by atoms with Crippen LogP contribution in [0.2, 0.25) is 0 Å². The summed E-state index contributed by atoms with van der Waals surface area (Å²) in [5.41, 5.74) is 1.74. The lowest BCUT2D eigenvalue weighted by Crippen LogP contribution is -2.21. The highest BCUT2D eigenvalue weighted by Crippen LogP contribution is 2.24. The molecule has 0 radical (unpaired) electrons. The van der Waals surface area contributed by atoms with Gasteiger partial charge in [0.25, 0.3) is 0 Å².